The maximum Gasteiger partial charge on any atom is 0.261 e. The van der Waals surface area contributed by atoms with Gasteiger partial charge in [-0.05, 0) is 67.6 Å². The Labute approximate surface area is 166 Å². The smallest absolute Gasteiger partial charge is 0.261 e. The van der Waals surface area contributed by atoms with E-state index in [4.69, 9.17) is 16.3 Å². The Bertz CT molecular complexity index is 725. The number of carbonyl (C=O) groups excluding carboxylic acids is 1. The highest BCUT2D eigenvalue weighted by Gasteiger charge is 2.18. The Balaban J connectivity index is 1.51. The van der Waals surface area contributed by atoms with Crippen LogP contribution in [0.4, 0.5) is 5.69 Å². The van der Waals surface area contributed by atoms with Crippen molar-refractivity contribution in [2.24, 2.45) is 0 Å². The summed E-state index contributed by atoms with van der Waals surface area (Å²) >= 11 is 5.88. The predicted octanol–water partition coefficient (Wildman–Crippen LogP) is 4.80. The minimum Gasteiger partial charge on any atom is -0.481 e. The van der Waals surface area contributed by atoms with E-state index in [0.717, 1.165) is 18.7 Å². The van der Waals surface area contributed by atoms with Gasteiger partial charge in [-0.2, -0.15) is 0 Å². The average Bonchev–Trinajstić information content (AvgIpc) is 2.72. The standard InChI is InChI=1S/C22H27ClN2O2/c1-2-21(27-20-12-8-18(23)9-13-20)22(26)24-16-17-6-10-19(11-7-17)25-14-4-3-5-15-25/h6-13,21H,2-5,14-16H2,1H3,(H,24,26)/t21-/m1/s1. The maximum absolute atomic E-state index is 12.5. The summed E-state index contributed by atoms with van der Waals surface area (Å²) in [7, 11) is 0. The number of ether oxygens (including phenoxy) is 1. The fraction of sp³-hybridized carbons (Fsp3) is 0.409. The van der Waals surface area contributed by atoms with Crippen LogP contribution < -0.4 is 15.0 Å². The molecule has 0 spiro atoms. The monoisotopic (exact) mass is 386 g/mol. The minimum atomic E-state index is -0.515. The molecule has 0 aromatic heterocycles. The van der Waals surface area contributed by atoms with E-state index < -0.39 is 6.10 Å². The Kier molecular flexibility index (Phi) is 6.99. The number of rotatable bonds is 7. The van der Waals surface area contributed by atoms with E-state index >= 15 is 0 Å². The van der Waals surface area contributed by atoms with Crippen LogP contribution in [0.5, 0.6) is 5.75 Å². The Hall–Kier alpha value is -2.20. The van der Waals surface area contributed by atoms with Gasteiger partial charge in [-0.1, -0.05) is 30.7 Å². The van der Waals surface area contributed by atoms with Crippen LogP contribution in [0.25, 0.3) is 0 Å². The molecular weight excluding hydrogens is 360 g/mol. The third kappa shape index (κ3) is 5.64. The molecule has 5 heteroatoms. The molecule has 0 saturated carbocycles. The van der Waals surface area contributed by atoms with Crippen molar-refractivity contribution in [2.45, 2.75) is 45.3 Å². The summed E-state index contributed by atoms with van der Waals surface area (Å²) in [5.41, 5.74) is 2.35. The molecular formula is C22H27ClN2O2. The van der Waals surface area contributed by atoms with Gasteiger partial charge in [0.05, 0.1) is 0 Å². The highest BCUT2D eigenvalue weighted by Crippen LogP contribution is 2.20. The van der Waals surface area contributed by atoms with Crippen LogP contribution in [0, 0.1) is 0 Å². The molecule has 2 aromatic rings. The van der Waals surface area contributed by atoms with E-state index in [-0.39, 0.29) is 5.91 Å². The number of nitrogens with zero attached hydrogens (tertiary/aromatic N) is 1. The fourth-order valence-corrected chi connectivity index (χ4v) is 3.41. The summed E-state index contributed by atoms with van der Waals surface area (Å²) in [5, 5.41) is 3.62. The van der Waals surface area contributed by atoms with Crippen LogP contribution >= 0.6 is 11.6 Å². The van der Waals surface area contributed by atoms with Crippen LogP contribution in [0.3, 0.4) is 0 Å². The number of nitrogens with one attached hydrogen (secondary N) is 1. The topological polar surface area (TPSA) is 41.6 Å². The molecule has 0 bridgehead atoms. The van der Waals surface area contributed by atoms with Crippen molar-refractivity contribution in [3.63, 3.8) is 0 Å². The number of benzene rings is 2. The molecule has 1 aliphatic rings. The SMILES string of the molecule is CC[C@@H](Oc1ccc(Cl)cc1)C(=O)NCc1ccc(N2CCCCC2)cc1. The van der Waals surface area contributed by atoms with Crippen molar-refractivity contribution in [1.82, 2.24) is 5.32 Å². The lowest BCUT2D eigenvalue weighted by Crippen LogP contribution is -2.37. The summed E-state index contributed by atoms with van der Waals surface area (Å²) in [6, 6.07) is 15.5. The molecule has 3 rings (SSSR count). The molecule has 1 N–H and O–H groups in total. The van der Waals surface area contributed by atoms with Gasteiger partial charge in [-0.3, -0.25) is 4.79 Å². The molecule has 4 nitrogen and oxygen atoms in total. The molecule has 0 radical (unpaired) electrons. The lowest BCUT2D eigenvalue weighted by Gasteiger charge is -2.28. The fourth-order valence-electron chi connectivity index (χ4n) is 3.28. The molecule has 144 valence electrons. The summed E-state index contributed by atoms with van der Waals surface area (Å²) in [5.74, 6) is 0.542. The van der Waals surface area contributed by atoms with Crippen molar-refractivity contribution >= 4 is 23.2 Å². The van der Waals surface area contributed by atoms with Gasteiger partial charge in [0.1, 0.15) is 5.75 Å². The zero-order chi connectivity index (χ0) is 19.1. The first kappa shape index (κ1) is 19.6. The predicted molar refractivity (Wildman–Crippen MR) is 111 cm³/mol. The quantitative estimate of drug-likeness (QED) is 0.742. The number of hydrogen-bond acceptors (Lipinski definition) is 3. The van der Waals surface area contributed by atoms with E-state index in [1.807, 2.05) is 6.92 Å². The first-order valence-electron chi connectivity index (χ1n) is 9.69. The second-order valence-electron chi connectivity index (χ2n) is 6.90. The van der Waals surface area contributed by atoms with E-state index in [2.05, 4.69) is 34.5 Å². The van der Waals surface area contributed by atoms with Gasteiger partial charge in [-0.15, -0.1) is 0 Å². The maximum atomic E-state index is 12.5. The number of hydrogen-bond donors (Lipinski definition) is 1. The molecule has 1 atom stereocenters. The second-order valence-corrected chi connectivity index (χ2v) is 7.34. The van der Waals surface area contributed by atoms with Crippen LogP contribution in [-0.4, -0.2) is 25.1 Å². The number of piperidine rings is 1. The summed E-state index contributed by atoms with van der Waals surface area (Å²) < 4.78 is 5.79. The van der Waals surface area contributed by atoms with Gasteiger partial charge in [-0.25, -0.2) is 0 Å². The summed E-state index contributed by atoms with van der Waals surface area (Å²) in [4.78, 5) is 14.9. The number of halogens is 1. The zero-order valence-corrected chi connectivity index (χ0v) is 16.5. The van der Waals surface area contributed by atoms with Gasteiger partial charge in [0.15, 0.2) is 6.10 Å². The van der Waals surface area contributed by atoms with Gasteiger partial charge in [0.2, 0.25) is 0 Å². The van der Waals surface area contributed by atoms with E-state index in [1.54, 1.807) is 24.3 Å². The lowest BCUT2D eigenvalue weighted by atomic mass is 10.1. The van der Waals surface area contributed by atoms with Gasteiger partial charge < -0.3 is 15.0 Å². The lowest BCUT2D eigenvalue weighted by molar-refractivity contribution is -0.128. The molecule has 0 unspecified atom stereocenters. The van der Waals surface area contributed by atoms with Crippen LogP contribution in [-0.2, 0) is 11.3 Å². The zero-order valence-electron chi connectivity index (χ0n) is 15.8. The van der Waals surface area contributed by atoms with Gasteiger partial charge >= 0.3 is 0 Å². The van der Waals surface area contributed by atoms with Crippen LogP contribution in [0.15, 0.2) is 48.5 Å². The van der Waals surface area contributed by atoms with Crippen LogP contribution in [0.1, 0.15) is 38.2 Å². The molecule has 1 amide bonds. The van der Waals surface area contributed by atoms with Crippen molar-refractivity contribution in [2.75, 3.05) is 18.0 Å². The largest absolute Gasteiger partial charge is 0.481 e. The Morgan fingerprint density at radius 3 is 2.37 bits per heavy atom. The third-order valence-electron chi connectivity index (χ3n) is 4.88. The van der Waals surface area contributed by atoms with Crippen molar-refractivity contribution < 1.29 is 9.53 Å². The minimum absolute atomic E-state index is 0.104. The van der Waals surface area contributed by atoms with Gasteiger partial charge in [0, 0.05) is 30.3 Å². The highest BCUT2D eigenvalue weighted by molar-refractivity contribution is 6.30. The first-order valence-corrected chi connectivity index (χ1v) is 10.1. The molecule has 1 heterocycles. The molecule has 1 saturated heterocycles. The number of amides is 1. The Morgan fingerprint density at radius 2 is 1.74 bits per heavy atom. The molecule has 2 aromatic carbocycles. The van der Waals surface area contributed by atoms with Crippen molar-refractivity contribution in [3.8, 4) is 5.75 Å². The number of carbonyl (C=O) groups is 1. The molecule has 0 aliphatic carbocycles. The van der Waals surface area contributed by atoms with E-state index in [0.29, 0.717) is 23.7 Å². The molecule has 27 heavy (non-hydrogen) atoms. The van der Waals surface area contributed by atoms with Crippen molar-refractivity contribution in [3.05, 3.63) is 59.1 Å². The molecule has 1 aliphatic heterocycles. The van der Waals surface area contributed by atoms with Crippen LogP contribution in [0.2, 0.25) is 5.02 Å². The average molecular weight is 387 g/mol. The van der Waals surface area contributed by atoms with Gasteiger partial charge in [0.25, 0.3) is 5.91 Å². The molecule has 1 fully saturated rings. The second kappa shape index (κ2) is 9.65. The number of anilines is 1. The summed E-state index contributed by atoms with van der Waals surface area (Å²) in [6.45, 7) is 4.71. The summed E-state index contributed by atoms with van der Waals surface area (Å²) in [6.07, 6.45) is 3.95. The Morgan fingerprint density at radius 1 is 1.07 bits per heavy atom. The van der Waals surface area contributed by atoms with E-state index in [1.165, 1.54) is 24.9 Å². The third-order valence-corrected chi connectivity index (χ3v) is 5.13. The van der Waals surface area contributed by atoms with E-state index in [9.17, 15) is 4.79 Å². The first-order chi connectivity index (χ1) is 13.2. The highest BCUT2D eigenvalue weighted by atomic mass is 35.5. The normalized spacial score (nSPS) is 15.3. The van der Waals surface area contributed by atoms with Crippen molar-refractivity contribution in [1.29, 1.82) is 0 Å².